The number of halogens is 3. The Balaban J connectivity index is 3.10. The Labute approximate surface area is 128 Å². The van der Waals surface area contributed by atoms with Crippen LogP contribution in [0.5, 0.6) is 0 Å². The molecule has 0 unspecified atom stereocenters. The molecule has 0 saturated carbocycles. The topological polar surface area (TPSA) is 106 Å². The molecule has 0 bridgehead atoms. The SMILES string of the molecule is Cc1c(F)cc(Cl)c(-c2c(C#N)c(N)[nH]c(=O)c2C#N)c1F. The zero-order chi connectivity index (χ0) is 16.6. The molecule has 8 heteroatoms. The van der Waals surface area contributed by atoms with Crippen LogP contribution in [0.4, 0.5) is 14.6 Å². The number of hydrogen-bond acceptors (Lipinski definition) is 4. The number of H-pyrrole nitrogens is 1. The Morgan fingerprint density at radius 1 is 1.23 bits per heavy atom. The second kappa shape index (κ2) is 5.47. The van der Waals surface area contributed by atoms with Crippen LogP contribution in [0.1, 0.15) is 16.7 Å². The van der Waals surface area contributed by atoms with Gasteiger partial charge in [-0.3, -0.25) is 4.79 Å². The average Bonchev–Trinajstić information content (AvgIpc) is 2.45. The molecule has 0 atom stereocenters. The van der Waals surface area contributed by atoms with Crippen LogP contribution in [0.2, 0.25) is 5.02 Å². The van der Waals surface area contributed by atoms with Crippen LogP contribution >= 0.6 is 11.6 Å². The van der Waals surface area contributed by atoms with E-state index >= 15 is 0 Å². The lowest BCUT2D eigenvalue weighted by molar-refractivity contribution is 0.570. The second-order valence-electron chi connectivity index (χ2n) is 4.37. The number of rotatable bonds is 1. The molecular weight excluding hydrogens is 314 g/mol. The van der Waals surface area contributed by atoms with E-state index in [1.807, 2.05) is 0 Å². The van der Waals surface area contributed by atoms with Gasteiger partial charge in [0.05, 0.1) is 5.02 Å². The summed E-state index contributed by atoms with van der Waals surface area (Å²) in [5.41, 5.74) is 2.67. The summed E-state index contributed by atoms with van der Waals surface area (Å²) in [6, 6.07) is 4.11. The molecule has 2 aromatic rings. The van der Waals surface area contributed by atoms with Crippen molar-refractivity contribution in [2.45, 2.75) is 6.92 Å². The van der Waals surface area contributed by atoms with Crippen molar-refractivity contribution in [1.82, 2.24) is 4.98 Å². The summed E-state index contributed by atoms with van der Waals surface area (Å²) in [4.78, 5) is 13.9. The molecule has 1 aromatic heterocycles. The highest BCUT2D eigenvalue weighted by Crippen LogP contribution is 2.37. The first-order valence-electron chi connectivity index (χ1n) is 5.83. The molecule has 0 aliphatic heterocycles. The molecule has 0 aliphatic rings. The number of nitrogen functional groups attached to an aromatic ring is 1. The standard InChI is InChI=1S/C14H7ClF2N4O/c1-5-9(16)2-8(15)11(12(5)17)10-6(3-18)13(20)21-14(22)7(10)4-19/h2H,1H3,(H3,20,21,22). The summed E-state index contributed by atoms with van der Waals surface area (Å²) in [5, 5.41) is 17.9. The number of benzene rings is 1. The summed E-state index contributed by atoms with van der Waals surface area (Å²) in [7, 11) is 0. The first-order valence-corrected chi connectivity index (χ1v) is 6.21. The van der Waals surface area contributed by atoms with Gasteiger partial charge in [0.15, 0.2) is 0 Å². The van der Waals surface area contributed by atoms with Crippen molar-refractivity contribution in [1.29, 1.82) is 10.5 Å². The smallest absolute Gasteiger partial charge is 0.268 e. The second-order valence-corrected chi connectivity index (χ2v) is 4.78. The van der Waals surface area contributed by atoms with Gasteiger partial charge in [-0.2, -0.15) is 10.5 Å². The summed E-state index contributed by atoms with van der Waals surface area (Å²) in [6.45, 7) is 1.17. The van der Waals surface area contributed by atoms with Crippen LogP contribution in [0.25, 0.3) is 11.1 Å². The minimum atomic E-state index is -1.07. The number of hydrogen-bond donors (Lipinski definition) is 2. The van der Waals surface area contributed by atoms with Gasteiger partial charge in [0, 0.05) is 16.7 Å². The molecule has 0 saturated heterocycles. The third-order valence-corrected chi connectivity index (χ3v) is 3.42. The van der Waals surface area contributed by atoms with Gasteiger partial charge in [-0.15, -0.1) is 0 Å². The number of nitriles is 2. The summed E-state index contributed by atoms with van der Waals surface area (Å²) in [5.74, 6) is -2.29. The number of anilines is 1. The first kappa shape index (κ1) is 15.5. The van der Waals surface area contributed by atoms with Gasteiger partial charge in [-0.05, 0) is 13.0 Å². The quantitative estimate of drug-likeness (QED) is 0.842. The first-order chi connectivity index (χ1) is 10.3. The molecule has 3 N–H and O–H groups in total. The summed E-state index contributed by atoms with van der Waals surface area (Å²) >= 11 is 5.85. The van der Waals surface area contributed by atoms with E-state index in [0.717, 1.165) is 6.07 Å². The van der Waals surface area contributed by atoms with E-state index in [9.17, 15) is 18.8 Å². The highest BCUT2D eigenvalue weighted by molar-refractivity contribution is 6.33. The van der Waals surface area contributed by atoms with Gasteiger partial charge < -0.3 is 10.7 Å². The van der Waals surface area contributed by atoms with Crippen LogP contribution in [0, 0.1) is 41.2 Å². The number of nitrogens with one attached hydrogen (secondary N) is 1. The molecule has 1 heterocycles. The number of pyridine rings is 1. The largest absolute Gasteiger partial charge is 0.384 e. The highest BCUT2D eigenvalue weighted by atomic mass is 35.5. The molecule has 0 radical (unpaired) electrons. The van der Waals surface area contributed by atoms with E-state index in [-0.39, 0.29) is 27.5 Å². The van der Waals surface area contributed by atoms with Gasteiger partial charge in [0.2, 0.25) is 0 Å². The van der Waals surface area contributed by atoms with Gasteiger partial charge in [-0.1, -0.05) is 11.6 Å². The minimum Gasteiger partial charge on any atom is -0.384 e. The summed E-state index contributed by atoms with van der Waals surface area (Å²) in [6.07, 6.45) is 0. The van der Waals surface area contributed by atoms with E-state index in [4.69, 9.17) is 22.6 Å². The van der Waals surface area contributed by atoms with Crippen molar-refractivity contribution >= 4 is 17.4 Å². The fourth-order valence-corrected chi connectivity index (χ4v) is 2.28. The number of nitrogens with zero attached hydrogens (tertiary/aromatic N) is 2. The van der Waals surface area contributed by atoms with E-state index in [1.54, 1.807) is 12.1 Å². The molecule has 5 nitrogen and oxygen atoms in total. The van der Waals surface area contributed by atoms with Crippen LogP contribution in [0.3, 0.4) is 0 Å². The van der Waals surface area contributed by atoms with Crippen LogP contribution in [0.15, 0.2) is 10.9 Å². The normalized spacial score (nSPS) is 10.1. The maximum Gasteiger partial charge on any atom is 0.268 e. The Morgan fingerprint density at radius 2 is 1.82 bits per heavy atom. The number of aromatic nitrogens is 1. The average molecular weight is 321 g/mol. The van der Waals surface area contributed by atoms with Gasteiger partial charge in [-0.25, -0.2) is 8.78 Å². The van der Waals surface area contributed by atoms with E-state index in [1.165, 1.54) is 6.92 Å². The molecule has 0 aliphatic carbocycles. The van der Waals surface area contributed by atoms with Crippen molar-refractivity contribution in [2.75, 3.05) is 5.73 Å². The molecule has 110 valence electrons. The third-order valence-electron chi connectivity index (χ3n) is 3.12. The zero-order valence-corrected chi connectivity index (χ0v) is 11.8. The predicted octanol–water partition coefficient (Wildman–Crippen LogP) is 2.61. The van der Waals surface area contributed by atoms with Crippen LogP contribution in [-0.4, -0.2) is 4.98 Å². The Hall–Kier alpha value is -2.90. The van der Waals surface area contributed by atoms with E-state index < -0.39 is 28.3 Å². The van der Waals surface area contributed by atoms with E-state index in [2.05, 4.69) is 4.98 Å². The van der Waals surface area contributed by atoms with Gasteiger partial charge >= 0.3 is 0 Å². The lowest BCUT2D eigenvalue weighted by atomic mass is 9.94. The summed E-state index contributed by atoms with van der Waals surface area (Å²) < 4.78 is 27.9. The Morgan fingerprint density at radius 3 is 2.36 bits per heavy atom. The fourth-order valence-electron chi connectivity index (χ4n) is 2.01. The van der Waals surface area contributed by atoms with Crippen molar-refractivity contribution in [3.8, 4) is 23.3 Å². The predicted molar refractivity (Wildman–Crippen MR) is 76.0 cm³/mol. The van der Waals surface area contributed by atoms with Gasteiger partial charge in [0.1, 0.15) is 40.7 Å². The molecule has 0 amide bonds. The number of aromatic amines is 1. The highest BCUT2D eigenvalue weighted by Gasteiger charge is 2.25. The lowest BCUT2D eigenvalue weighted by Crippen LogP contribution is -2.17. The fraction of sp³-hybridized carbons (Fsp3) is 0.0714. The molecule has 0 fully saturated rings. The van der Waals surface area contributed by atoms with Crippen LogP contribution in [-0.2, 0) is 0 Å². The Kier molecular flexibility index (Phi) is 3.85. The molecular formula is C14H7ClF2N4O. The molecule has 0 spiro atoms. The van der Waals surface area contributed by atoms with Crippen molar-refractivity contribution in [3.63, 3.8) is 0 Å². The van der Waals surface area contributed by atoms with Gasteiger partial charge in [0.25, 0.3) is 5.56 Å². The maximum atomic E-state index is 14.4. The Bertz CT molecular complexity index is 938. The van der Waals surface area contributed by atoms with Crippen molar-refractivity contribution < 1.29 is 8.78 Å². The molecule has 2 rings (SSSR count). The zero-order valence-electron chi connectivity index (χ0n) is 11.1. The van der Waals surface area contributed by atoms with Crippen molar-refractivity contribution in [2.24, 2.45) is 0 Å². The molecule has 22 heavy (non-hydrogen) atoms. The van der Waals surface area contributed by atoms with Crippen molar-refractivity contribution in [3.05, 3.63) is 49.8 Å². The molecule has 1 aromatic carbocycles. The van der Waals surface area contributed by atoms with E-state index in [0.29, 0.717) is 0 Å². The van der Waals surface area contributed by atoms with Crippen LogP contribution < -0.4 is 11.3 Å². The maximum absolute atomic E-state index is 14.4. The number of nitrogens with two attached hydrogens (primary N) is 1. The third kappa shape index (κ3) is 2.18. The minimum absolute atomic E-state index is 0.317. The lowest BCUT2D eigenvalue weighted by Gasteiger charge is -2.13. The monoisotopic (exact) mass is 320 g/mol.